The normalized spacial score (nSPS) is 19.4. The van der Waals surface area contributed by atoms with Gasteiger partial charge >= 0.3 is 5.97 Å². The predicted octanol–water partition coefficient (Wildman–Crippen LogP) is 0.144. The fourth-order valence-corrected chi connectivity index (χ4v) is 1.81. The van der Waals surface area contributed by atoms with Gasteiger partial charge in [-0.15, -0.1) is 0 Å². The number of hydrogen-bond acceptors (Lipinski definition) is 5. The van der Waals surface area contributed by atoms with Crippen molar-refractivity contribution in [2.45, 2.75) is 6.42 Å². The molecule has 1 rings (SSSR count). The number of rotatable bonds is 6. The molecule has 1 fully saturated rings. The maximum atomic E-state index is 11.6. The highest BCUT2D eigenvalue weighted by Crippen LogP contribution is 2.10. The molecule has 94 valence electrons. The first-order valence-corrected chi connectivity index (χ1v) is 5.64. The van der Waals surface area contributed by atoms with Crippen LogP contribution in [0.2, 0.25) is 0 Å². The minimum absolute atomic E-state index is 0.0944. The van der Waals surface area contributed by atoms with Crippen molar-refractivity contribution in [2.75, 3.05) is 53.7 Å². The van der Waals surface area contributed by atoms with Crippen LogP contribution in [0.3, 0.4) is 0 Å². The average Bonchev–Trinajstić information content (AvgIpc) is 2.34. The molecule has 16 heavy (non-hydrogen) atoms. The van der Waals surface area contributed by atoms with Crippen molar-refractivity contribution in [1.82, 2.24) is 4.90 Å². The number of carbonyl (C=O) groups is 1. The molecule has 0 spiro atoms. The fourth-order valence-electron chi connectivity index (χ4n) is 1.81. The van der Waals surface area contributed by atoms with E-state index in [4.69, 9.17) is 14.2 Å². The van der Waals surface area contributed by atoms with Gasteiger partial charge in [0, 0.05) is 33.4 Å². The first-order valence-electron chi connectivity index (χ1n) is 5.64. The van der Waals surface area contributed by atoms with Gasteiger partial charge in [0.2, 0.25) is 0 Å². The Hall–Kier alpha value is -0.650. The van der Waals surface area contributed by atoms with Gasteiger partial charge in [-0.25, -0.2) is 0 Å². The van der Waals surface area contributed by atoms with Crippen LogP contribution in [0.5, 0.6) is 0 Å². The third kappa shape index (κ3) is 4.47. The summed E-state index contributed by atoms with van der Waals surface area (Å²) < 4.78 is 15.1. The number of methoxy groups -OCH3 is 2. The van der Waals surface area contributed by atoms with E-state index in [-0.39, 0.29) is 11.9 Å². The number of esters is 1. The quantitative estimate of drug-likeness (QED) is 0.609. The molecule has 1 saturated heterocycles. The second kappa shape index (κ2) is 7.60. The van der Waals surface area contributed by atoms with E-state index < -0.39 is 0 Å². The highest BCUT2D eigenvalue weighted by atomic mass is 16.5. The zero-order valence-corrected chi connectivity index (χ0v) is 10.1. The summed E-state index contributed by atoms with van der Waals surface area (Å²) in [5.41, 5.74) is 0. The minimum atomic E-state index is -0.149. The zero-order chi connectivity index (χ0) is 11.8. The number of morpholine rings is 1. The third-order valence-corrected chi connectivity index (χ3v) is 2.79. The van der Waals surface area contributed by atoms with Crippen molar-refractivity contribution in [3.8, 4) is 0 Å². The molecule has 5 nitrogen and oxygen atoms in total. The Labute approximate surface area is 96.6 Å². The summed E-state index contributed by atoms with van der Waals surface area (Å²) in [6.07, 6.45) is 0.709. The van der Waals surface area contributed by atoms with Gasteiger partial charge in [0.25, 0.3) is 0 Å². The van der Waals surface area contributed by atoms with Crippen LogP contribution in [0.1, 0.15) is 6.42 Å². The second-order valence-electron chi connectivity index (χ2n) is 3.91. The lowest BCUT2D eigenvalue weighted by molar-refractivity contribution is -0.147. The van der Waals surface area contributed by atoms with Gasteiger partial charge in [-0.2, -0.15) is 0 Å². The van der Waals surface area contributed by atoms with Gasteiger partial charge in [0.05, 0.1) is 26.2 Å². The predicted molar refractivity (Wildman–Crippen MR) is 59.3 cm³/mol. The second-order valence-corrected chi connectivity index (χ2v) is 3.91. The lowest BCUT2D eigenvalue weighted by Gasteiger charge is -2.29. The fraction of sp³-hybridized carbons (Fsp3) is 0.909. The van der Waals surface area contributed by atoms with E-state index in [1.165, 1.54) is 7.11 Å². The van der Waals surface area contributed by atoms with Crippen molar-refractivity contribution in [3.63, 3.8) is 0 Å². The molecule has 1 aliphatic rings. The summed E-state index contributed by atoms with van der Waals surface area (Å²) in [6.45, 7) is 4.60. The average molecular weight is 231 g/mol. The van der Waals surface area contributed by atoms with Crippen LogP contribution >= 0.6 is 0 Å². The van der Waals surface area contributed by atoms with Crippen LogP contribution in [-0.2, 0) is 19.0 Å². The molecule has 0 radical (unpaired) electrons. The first kappa shape index (κ1) is 13.4. The van der Waals surface area contributed by atoms with Crippen molar-refractivity contribution in [1.29, 1.82) is 0 Å². The maximum Gasteiger partial charge on any atom is 0.310 e. The first-order chi connectivity index (χ1) is 7.77. The summed E-state index contributed by atoms with van der Waals surface area (Å²) in [5.74, 6) is -0.244. The van der Waals surface area contributed by atoms with Crippen LogP contribution in [0.15, 0.2) is 0 Å². The van der Waals surface area contributed by atoms with Gasteiger partial charge in [0.1, 0.15) is 0 Å². The molecule has 1 aliphatic heterocycles. The molecule has 1 heterocycles. The summed E-state index contributed by atoms with van der Waals surface area (Å²) in [7, 11) is 3.07. The SMILES string of the molecule is COCCC(CN1CCOCC1)C(=O)OC. The van der Waals surface area contributed by atoms with Gasteiger partial charge in [-0.1, -0.05) is 0 Å². The van der Waals surface area contributed by atoms with E-state index in [0.29, 0.717) is 13.0 Å². The minimum Gasteiger partial charge on any atom is -0.469 e. The monoisotopic (exact) mass is 231 g/mol. The van der Waals surface area contributed by atoms with E-state index in [9.17, 15) is 4.79 Å². The molecule has 0 saturated carbocycles. The van der Waals surface area contributed by atoms with Gasteiger partial charge in [-0.05, 0) is 6.42 Å². The third-order valence-electron chi connectivity index (χ3n) is 2.79. The van der Waals surface area contributed by atoms with E-state index in [1.54, 1.807) is 7.11 Å². The molecule has 0 aromatic carbocycles. The molecule has 0 aliphatic carbocycles. The highest BCUT2D eigenvalue weighted by molar-refractivity contribution is 5.72. The lowest BCUT2D eigenvalue weighted by atomic mass is 10.1. The summed E-state index contributed by atoms with van der Waals surface area (Å²) >= 11 is 0. The lowest BCUT2D eigenvalue weighted by Crippen LogP contribution is -2.41. The molecular formula is C11H21NO4. The van der Waals surface area contributed by atoms with Crippen molar-refractivity contribution >= 4 is 5.97 Å². The van der Waals surface area contributed by atoms with E-state index in [2.05, 4.69) is 4.90 Å². The number of ether oxygens (including phenoxy) is 3. The van der Waals surface area contributed by atoms with Crippen LogP contribution in [0, 0.1) is 5.92 Å². The van der Waals surface area contributed by atoms with E-state index >= 15 is 0 Å². The Bertz CT molecular complexity index is 204. The van der Waals surface area contributed by atoms with Crippen molar-refractivity contribution in [2.24, 2.45) is 5.92 Å². The molecule has 1 atom stereocenters. The molecule has 0 amide bonds. The zero-order valence-electron chi connectivity index (χ0n) is 10.1. The molecule has 0 aromatic heterocycles. The summed E-state index contributed by atoms with van der Waals surface area (Å²) in [6, 6.07) is 0. The smallest absolute Gasteiger partial charge is 0.310 e. The van der Waals surface area contributed by atoms with Crippen LogP contribution < -0.4 is 0 Å². The number of carbonyl (C=O) groups excluding carboxylic acids is 1. The molecule has 1 unspecified atom stereocenters. The van der Waals surface area contributed by atoms with Crippen LogP contribution in [-0.4, -0.2) is 64.5 Å². The highest BCUT2D eigenvalue weighted by Gasteiger charge is 2.23. The topological polar surface area (TPSA) is 48.0 Å². The Kier molecular flexibility index (Phi) is 6.37. The van der Waals surface area contributed by atoms with Crippen molar-refractivity contribution < 1.29 is 19.0 Å². The Morgan fingerprint density at radius 2 is 2.06 bits per heavy atom. The number of nitrogens with zero attached hydrogens (tertiary/aromatic N) is 1. The summed E-state index contributed by atoms with van der Waals surface area (Å²) in [4.78, 5) is 13.8. The molecule has 0 N–H and O–H groups in total. The molecule has 5 heteroatoms. The van der Waals surface area contributed by atoms with E-state index in [0.717, 1.165) is 32.8 Å². The largest absolute Gasteiger partial charge is 0.469 e. The molecular weight excluding hydrogens is 210 g/mol. The molecule has 0 aromatic rings. The van der Waals surface area contributed by atoms with Gasteiger partial charge in [-0.3, -0.25) is 9.69 Å². The van der Waals surface area contributed by atoms with Crippen LogP contribution in [0.25, 0.3) is 0 Å². The van der Waals surface area contributed by atoms with Crippen molar-refractivity contribution in [3.05, 3.63) is 0 Å². The Balaban J connectivity index is 2.38. The van der Waals surface area contributed by atoms with Crippen LogP contribution in [0.4, 0.5) is 0 Å². The van der Waals surface area contributed by atoms with Gasteiger partial charge < -0.3 is 14.2 Å². The van der Waals surface area contributed by atoms with Gasteiger partial charge in [0.15, 0.2) is 0 Å². The summed E-state index contributed by atoms with van der Waals surface area (Å²) in [5, 5.41) is 0. The standard InChI is InChI=1S/C11H21NO4/c1-14-6-3-10(11(13)15-2)9-12-4-7-16-8-5-12/h10H,3-9H2,1-2H3. The number of hydrogen-bond donors (Lipinski definition) is 0. The van der Waals surface area contributed by atoms with E-state index in [1.807, 2.05) is 0 Å². The Morgan fingerprint density at radius 3 is 2.62 bits per heavy atom. The Morgan fingerprint density at radius 1 is 1.38 bits per heavy atom. The maximum absolute atomic E-state index is 11.6. The molecule has 0 bridgehead atoms.